The summed E-state index contributed by atoms with van der Waals surface area (Å²) in [6, 6.07) is 0. The molecule has 0 aromatic heterocycles. The van der Waals surface area contributed by atoms with Crippen molar-refractivity contribution in [1.29, 1.82) is 0 Å². The minimum atomic E-state index is -2.06. The van der Waals surface area contributed by atoms with Crippen LogP contribution in [0.5, 0.6) is 0 Å². The van der Waals surface area contributed by atoms with Gasteiger partial charge in [0.15, 0.2) is 6.10 Å². The Labute approximate surface area is 81.1 Å². The van der Waals surface area contributed by atoms with E-state index in [4.69, 9.17) is 14.9 Å². The van der Waals surface area contributed by atoms with Gasteiger partial charge in [0.1, 0.15) is 0 Å². The van der Waals surface area contributed by atoms with Crippen molar-refractivity contribution in [1.82, 2.24) is 0 Å². The lowest BCUT2D eigenvalue weighted by Gasteiger charge is -2.30. The third-order valence-corrected chi connectivity index (χ3v) is 1.96. The summed E-state index contributed by atoms with van der Waals surface area (Å²) in [4.78, 5) is 21.3. The molecule has 0 saturated heterocycles. The van der Waals surface area contributed by atoms with Crippen LogP contribution >= 0.6 is 0 Å². The van der Waals surface area contributed by atoms with Crippen LogP contribution in [0.15, 0.2) is 0 Å². The molecular formula is C8H14O6. The van der Waals surface area contributed by atoms with Crippen LogP contribution in [0.25, 0.3) is 0 Å². The van der Waals surface area contributed by atoms with Gasteiger partial charge in [-0.05, 0) is 13.3 Å². The molecule has 0 heterocycles. The molecule has 0 aliphatic rings. The summed E-state index contributed by atoms with van der Waals surface area (Å²) >= 11 is 0. The van der Waals surface area contributed by atoms with Crippen LogP contribution in [0, 0.1) is 0 Å². The Kier molecular flexibility index (Phi) is 4.52. The van der Waals surface area contributed by atoms with E-state index in [0.717, 1.165) is 0 Å². The lowest BCUT2D eigenvalue weighted by atomic mass is 9.93. The van der Waals surface area contributed by atoms with Crippen molar-refractivity contribution in [3.63, 3.8) is 0 Å². The lowest BCUT2D eigenvalue weighted by molar-refractivity contribution is -0.193. The molecule has 0 aromatic rings. The van der Waals surface area contributed by atoms with Gasteiger partial charge in [0.05, 0.1) is 0 Å². The fraction of sp³-hybridized carbons (Fsp3) is 0.750. The fourth-order valence-corrected chi connectivity index (χ4v) is 1.16. The van der Waals surface area contributed by atoms with E-state index < -0.39 is 23.6 Å². The van der Waals surface area contributed by atoms with Gasteiger partial charge in [-0.25, -0.2) is 9.59 Å². The zero-order valence-corrected chi connectivity index (χ0v) is 8.06. The number of hydrogen-bond acceptors (Lipinski definition) is 4. The number of carbonyl (C=O) groups is 2. The fourth-order valence-electron chi connectivity index (χ4n) is 1.16. The first kappa shape index (κ1) is 12.9. The Morgan fingerprint density at radius 3 is 2.07 bits per heavy atom. The molecule has 0 saturated carbocycles. The molecule has 0 radical (unpaired) electrons. The van der Waals surface area contributed by atoms with Crippen molar-refractivity contribution in [3.05, 3.63) is 0 Å². The van der Waals surface area contributed by atoms with Crippen molar-refractivity contribution in [2.45, 2.75) is 32.0 Å². The van der Waals surface area contributed by atoms with E-state index in [1.807, 2.05) is 0 Å². The molecule has 0 fully saturated rings. The van der Waals surface area contributed by atoms with Gasteiger partial charge in [0.25, 0.3) is 0 Å². The molecule has 82 valence electrons. The average Bonchev–Trinajstić information content (AvgIpc) is 2.12. The number of aliphatic hydroxyl groups excluding tert-OH is 1. The average molecular weight is 206 g/mol. The van der Waals surface area contributed by atoms with Gasteiger partial charge >= 0.3 is 11.9 Å². The van der Waals surface area contributed by atoms with E-state index in [0.29, 0.717) is 0 Å². The number of ether oxygens (including phenoxy) is 1. The van der Waals surface area contributed by atoms with Gasteiger partial charge < -0.3 is 20.1 Å². The minimum Gasteiger partial charge on any atom is -0.479 e. The van der Waals surface area contributed by atoms with Gasteiger partial charge in [-0.1, -0.05) is 6.92 Å². The van der Waals surface area contributed by atoms with Crippen molar-refractivity contribution < 1.29 is 29.6 Å². The first-order chi connectivity index (χ1) is 6.42. The Morgan fingerprint density at radius 2 is 1.86 bits per heavy atom. The molecule has 6 nitrogen and oxygen atoms in total. The molecule has 0 aliphatic carbocycles. The van der Waals surface area contributed by atoms with Gasteiger partial charge in [-0.15, -0.1) is 0 Å². The highest BCUT2D eigenvalue weighted by Crippen LogP contribution is 2.21. The third kappa shape index (κ3) is 2.21. The van der Waals surface area contributed by atoms with Crippen molar-refractivity contribution in [2.24, 2.45) is 0 Å². The largest absolute Gasteiger partial charge is 0.479 e. The van der Waals surface area contributed by atoms with Crippen LogP contribution in [0.1, 0.15) is 20.3 Å². The predicted octanol–water partition coefficient (Wildman–Crippen LogP) is -0.298. The van der Waals surface area contributed by atoms with Crippen LogP contribution in [0.4, 0.5) is 0 Å². The molecule has 0 bridgehead atoms. The summed E-state index contributed by atoms with van der Waals surface area (Å²) in [5, 5.41) is 26.6. The zero-order valence-electron chi connectivity index (χ0n) is 8.06. The quantitative estimate of drug-likeness (QED) is 0.551. The van der Waals surface area contributed by atoms with Crippen molar-refractivity contribution in [3.8, 4) is 0 Å². The second-order valence-corrected chi connectivity index (χ2v) is 2.72. The molecule has 0 rings (SSSR count). The maximum atomic E-state index is 10.8. The van der Waals surface area contributed by atoms with E-state index >= 15 is 0 Å². The SMILES string of the molecule is CCO[C@](CC)(C(=O)O)[C@H](O)C(=O)O. The van der Waals surface area contributed by atoms with Crippen molar-refractivity contribution >= 4 is 11.9 Å². The van der Waals surface area contributed by atoms with Crippen molar-refractivity contribution in [2.75, 3.05) is 6.61 Å². The molecule has 3 N–H and O–H groups in total. The molecular weight excluding hydrogens is 192 g/mol. The minimum absolute atomic E-state index is 0.0183. The Hall–Kier alpha value is -1.14. The molecule has 0 unspecified atom stereocenters. The molecule has 6 heteroatoms. The predicted molar refractivity (Wildman–Crippen MR) is 45.9 cm³/mol. The van der Waals surface area contributed by atoms with E-state index in [2.05, 4.69) is 0 Å². The highest BCUT2D eigenvalue weighted by atomic mass is 16.5. The van der Waals surface area contributed by atoms with Crippen LogP contribution in [0.2, 0.25) is 0 Å². The molecule has 0 aliphatic heterocycles. The van der Waals surface area contributed by atoms with Gasteiger partial charge in [0, 0.05) is 6.61 Å². The van der Waals surface area contributed by atoms with Gasteiger partial charge in [-0.2, -0.15) is 0 Å². The van der Waals surface area contributed by atoms with Gasteiger partial charge in [0.2, 0.25) is 5.60 Å². The maximum Gasteiger partial charge on any atom is 0.339 e. The molecule has 0 spiro atoms. The lowest BCUT2D eigenvalue weighted by Crippen LogP contribution is -2.54. The number of aliphatic hydroxyl groups is 1. The van der Waals surface area contributed by atoms with Crippen LogP contribution in [-0.4, -0.2) is 45.6 Å². The summed E-state index contributed by atoms with van der Waals surface area (Å²) < 4.78 is 4.83. The monoisotopic (exact) mass is 206 g/mol. The third-order valence-electron chi connectivity index (χ3n) is 1.96. The number of rotatable bonds is 6. The summed E-state index contributed by atoms with van der Waals surface area (Å²) in [5.41, 5.74) is -2.05. The second-order valence-electron chi connectivity index (χ2n) is 2.72. The van der Waals surface area contributed by atoms with Crippen LogP contribution < -0.4 is 0 Å². The maximum absolute atomic E-state index is 10.8. The molecule has 2 atom stereocenters. The second kappa shape index (κ2) is 4.92. The zero-order chi connectivity index (χ0) is 11.4. The number of hydrogen-bond donors (Lipinski definition) is 3. The highest BCUT2D eigenvalue weighted by Gasteiger charge is 2.48. The van der Waals surface area contributed by atoms with E-state index in [1.54, 1.807) is 0 Å². The first-order valence-corrected chi connectivity index (χ1v) is 4.20. The standard InChI is InChI=1S/C8H14O6/c1-3-8(7(12)13,14-4-2)5(9)6(10)11/h5,9H,3-4H2,1-2H3,(H,10,11)(H,12,13)/t5-,8+/m1/s1. The number of carboxylic acids is 2. The number of carboxylic acid groups (broad SMARTS) is 2. The van der Waals surface area contributed by atoms with E-state index in [9.17, 15) is 14.7 Å². The summed E-state index contributed by atoms with van der Waals surface area (Å²) in [6.45, 7) is 2.99. The van der Waals surface area contributed by atoms with Crippen LogP contribution in [-0.2, 0) is 14.3 Å². The smallest absolute Gasteiger partial charge is 0.339 e. The molecule has 0 amide bonds. The Morgan fingerprint density at radius 1 is 1.36 bits per heavy atom. The molecule has 0 aromatic carbocycles. The first-order valence-electron chi connectivity index (χ1n) is 4.20. The topological polar surface area (TPSA) is 104 Å². The Balaban J connectivity index is 5.02. The summed E-state index contributed by atoms with van der Waals surface area (Å²) in [5.74, 6) is -3.08. The number of aliphatic carboxylic acids is 2. The summed E-state index contributed by atoms with van der Waals surface area (Å²) in [6.07, 6.45) is -2.19. The summed E-state index contributed by atoms with van der Waals surface area (Å²) in [7, 11) is 0. The Bertz CT molecular complexity index is 226. The van der Waals surface area contributed by atoms with E-state index in [-0.39, 0.29) is 13.0 Å². The molecule has 14 heavy (non-hydrogen) atoms. The van der Waals surface area contributed by atoms with Gasteiger partial charge in [-0.3, -0.25) is 0 Å². The highest BCUT2D eigenvalue weighted by molar-refractivity contribution is 5.87. The van der Waals surface area contributed by atoms with Crippen LogP contribution in [0.3, 0.4) is 0 Å². The van der Waals surface area contributed by atoms with E-state index in [1.165, 1.54) is 13.8 Å². The normalized spacial score (nSPS) is 17.1.